The highest BCUT2D eigenvalue weighted by Crippen LogP contribution is 2.32. The summed E-state index contributed by atoms with van der Waals surface area (Å²) in [7, 11) is 0. The Balaban J connectivity index is 2.38. The molecule has 8 heteroatoms. The highest BCUT2D eigenvalue weighted by Gasteiger charge is 2.25. The number of non-ortho nitro benzene ring substituents is 1. The normalized spacial score (nSPS) is 13.5. The predicted molar refractivity (Wildman–Crippen MR) is 80.6 cm³/mol. The van der Waals surface area contributed by atoms with Gasteiger partial charge in [-0.1, -0.05) is 0 Å². The van der Waals surface area contributed by atoms with Gasteiger partial charge in [-0.05, 0) is 30.0 Å². The van der Waals surface area contributed by atoms with Crippen molar-refractivity contribution in [1.29, 1.82) is 0 Å². The van der Waals surface area contributed by atoms with Gasteiger partial charge in [0.2, 0.25) is 0 Å². The van der Waals surface area contributed by atoms with Gasteiger partial charge in [-0.2, -0.15) is 0 Å². The number of fused-ring (bicyclic) bond motifs is 1. The zero-order chi connectivity index (χ0) is 17.0. The number of aliphatic hydroxyl groups excluding tert-OH is 2. The number of ether oxygens (including phenoxy) is 1. The highest BCUT2D eigenvalue weighted by atomic mass is 16.6. The summed E-state index contributed by atoms with van der Waals surface area (Å²) < 4.78 is 4.73. The van der Waals surface area contributed by atoms with E-state index in [-0.39, 0.29) is 29.7 Å². The molecule has 23 heavy (non-hydrogen) atoms. The van der Waals surface area contributed by atoms with Crippen LogP contribution < -0.4 is 0 Å². The maximum absolute atomic E-state index is 11.4. The summed E-state index contributed by atoms with van der Waals surface area (Å²) in [6.45, 7) is 1.81. The Morgan fingerprint density at radius 1 is 1.35 bits per heavy atom. The lowest BCUT2D eigenvalue weighted by Crippen LogP contribution is -2.23. The Bertz CT molecular complexity index is 733. The number of hydrogen-bond acceptors (Lipinski definition) is 7. The van der Waals surface area contributed by atoms with Crippen LogP contribution in [0.25, 0.3) is 10.8 Å². The van der Waals surface area contributed by atoms with E-state index in [1.54, 1.807) is 6.92 Å². The van der Waals surface area contributed by atoms with Crippen molar-refractivity contribution in [3.63, 3.8) is 0 Å². The molecular formula is C15H16N2O6. The van der Waals surface area contributed by atoms with Crippen LogP contribution in [0.15, 0.2) is 30.6 Å². The number of esters is 1. The molecule has 0 bridgehead atoms. The van der Waals surface area contributed by atoms with Crippen LogP contribution >= 0.6 is 0 Å². The molecule has 2 N–H and O–H groups in total. The van der Waals surface area contributed by atoms with Gasteiger partial charge < -0.3 is 14.9 Å². The molecule has 0 aliphatic carbocycles. The number of carbonyl (C=O) groups excluding carboxylic acids is 1. The number of nitro groups is 1. The molecular weight excluding hydrogens is 304 g/mol. The Labute approximate surface area is 131 Å². The van der Waals surface area contributed by atoms with Crippen molar-refractivity contribution in [2.75, 3.05) is 6.61 Å². The third-order valence-corrected chi connectivity index (χ3v) is 3.39. The standard InChI is InChI=1S/C15H16N2O6/c1-2-23-14(19)7-13(18)15(20)10-3-4-12(17(21)22)11-8-16-6-5-9(10)11/h3-6,8,13,15,18,20H,2,7H2,1H3. The van der Waals surface area contributed by atoms with Gasteiger partial charge in [-0.15, -0.1) is 0 Å². The number of nitrogens with zero attached hydrogens (tertiary/aromatic N) is 2. The Kier molecular flexibility index (Phi) is 5.20. The number of benzene rings is 1. The van der Waals surface area contributed by atoms with E-state index in [4.69, 9.17) is 4.74 Å². The molecule has 0 saturated heterocycles. The van der Waals surface area contributed by atoms with Crippen molar-refractivity contribution in [3.8, 4) is 0 Å². The quantitative estimate of drug-likeness (QED) is 0.469. The van der Waals surface area contributed by atoms with Crippen LogP contribution in [0.5, 0.6) is 0 Å². The van der Waals surface area contributed by atoms with Crippen molar-refractivity contribution < 1.29 is 24.7 Å². The van der Waals surface area contributed by atoms with Gasteiger partial charge in [0.25, 0.3) is 5.69 Å². The maximum Gasteiger partial charge on any atom is 0.308 e. The lowest BCUT2D eigenvalue weighted by atomic mass is 9.96. The summed E-state index contributed by atoms with van der Waals surface area (Å²) in [5.74, 6) is -0.632. The zero-order valence-electron chi connectivity index (χ0n) is 12.4. The molecule has 0 spiro atoms. The van der Waals surface area contributed by atoms with E-state index in [1.165, 1.54) is 30.6 Å². The Morgan fingerprint density at radius 2 is 2.09 bits per heavy atom. The minimum absolute atomic E-state index is 0.149. The van der Waals surface area contributed by atoms with Gasteiger partial charge in [0.15, 0.2) is 0 Å². The van der Waals surface area contributed by atoms with Crippen LogP contribution in [0.2, 0.25) is 0 Å². The highest BCUT2D eigenvalue weighted by molar-refractivity contribution is 5.92. The molecule has 122 valence electrons. The van der Waals surface area contributed by atoms with Crippen molar-refractivity contribution in [1.82, 2.24) is 4.98 Å². The van der Waals surface area contributed by atoms with Gasteiger partial charge in [-0.25, -0.2) is 0 Å². The predicted octanol–water partition coefficient (Wildman–Crippen LogP) is 1.49. The molecule has 1 aromatic carbocycles. The minimum atomic E-state index is -1.38. The molecule has 1 aromatic heterocycles. The van der Waals surface area contributed by atoms with Crippen LogP contribution in [-0.2, 0) is 9.53 Å². The third kappa shape index (κ3) is 3.61. The fourth-order valence-electron chi connectivity index (χ4n) is 2.33. The smallest absolute Gasteiger partial charge is 0.308 e. The van der Waals surface area contributed by atoms with Crippen LogP contribution in [0.4, 0.5) is 5.69 Å². The van der Waals surface area contributed by atoms with E-state index >= 15 is 0 Å². The van der Waals surface area contributed by atoms with E-state index in [2.05, 4.69) is 4.98 Å². The topological polar surface area (TPSA) is 123 Å². The lowest BCUT2D eigenvalue weighted by Gasteiger charge is -2.19. The largest absolute Gasteiger partial charge is 0.466 e. The first-order valence-corrected chi connectivity index (χ1v) is 6.98. The first-order chi connectivity index (χ1) is 11.0. The molecule has 0 aliphatic heterocycles. The lowest BCUT2D eigenvalue weighted by molar-refractivity contribution is -0.383. The van der Waals surface area contributed by atoms with Crippen molar-refractivity contribution in [2.24, 2.45) is 0 Å². The van der Waals surface area contributed by atoms with Crippen molar-refractivity contribution >= 4 is 22.4 Å². The number of aromatic nitrogens is 1. The number of hydrogen-bond donors (Lipinski definition) is 2. The van der Waals surface area contributed by atoms with E-state index < -0.39 is 23.1 Å². The second kappa shape index (κ2) is 7.12. The fraction of sp³-hybridized carbons (Fsp3) is 0.333. The molecule has 2 unspecified atom stereocenters. The molecule has 0 fully saturated rings. The van der Waals surface area contributed by atoms with Crippen molar-refractivity contribution in [3.05, 3.63) is 46.3 Å². The van der Waals surface area contributed by atoms with Gasteiger partial charge in [0.05, 0.1) is 29.4 Å². The molecule has 0 saturated carbocycles. The average molecular weight is 320 g/mol. The first-order valence-electron chi connectivity index (χ1n) is 6.98. The Hall–Kier alpha value is -2.58. The molecule has 2 atom stereocenters. The van der Waals surface area contributed by atoms with E-state index in [0.717, 1.165) is 0 Å². The molecule has 2 aromatic rings. The third-order valence-electron chi connectivity index (χ3n) is 3.39. The van der Waals surface area contributed by atoms with Gasteiger partial charge >= 0.3 is 5.97 Å². The van der Waals surface area contributed by atoms with E-state index in [9.17, 15) is 25.1 Å². The Morgan fingerprint density at radius 3 is 2.74 bits per heavy atom. The van der Waals surface area contributed by atoms with Gasteiger partial charge in [-0.3, -0.25) is 19.9 Å². The number of pyridine rings is 1. The summed E-state index contributed by atoms with van der Waals surface area (Å²) in [5.41, 5.74) is 0.133. The molecule has 1 heterocycles. The van der Waals surface area contributed by atoms with Crippen LogP contribution in [0, 0.1) is 10.1 Å². The zero-order valence-corrected chi connectivity index (χ0v) is 12.4. The van der Waals surface area contributed by atoms with Crippen LogP contribution in [0.1, 0.15) is 25.0 Å². The SMILES string of the molecule is CCOC(=O)CC(O)C(O)c1ccc([N+](=O)[O-])c2cnccc12. The van der Waals surface area contributed by atoms with Crippen LogP contribution in [-0.4, -0.2) is 38.8 Å². The monoisotopic (exact) mass is 320 g/mol. The second-order valence-electron chi connectivity index (χ2n) is 4.87. The summed E-state index contributed by atoms with van der Waals surface area (Å²) in [4.78, 5) is 25.8. The maximum atomic E-state index is 11.4. The minimum Gasteiger partial charge on any atom is -0.466 e. The summed E-state index contributed by atoms with van der Waals surface area (Å²) in [6, 6.07) is 4.11. The molecule has 0 amide bonds. The average Bonchev–Trinajstić information content (AvgIpc) is 2.53. The van der Waals surface area contributed by atoms with E-state index in [1.807, 2.05) is 0 Å². The van der Waals surface area contributed by atoms with Gasteiger partial charge in [0.1, 0.15) is 6.10 Å². The van der Waals surface area contributed by atoms with E-state index in [0.29, 0.717) is 5.39 Å². The fourth-order valence-corrected chi connectivity index (χ4v) is 2.33. The number of aliphatic hydroxyl groups is 2. The van der Waals surface area contributed by atoms with Crippen molar-refractivity contribution in [2.45, 2.75) is 25.6 Å². The summed E-state index contributed by atoms with van der Waals surface area (Å²) in [6.07, 6.45) is -0.392. The van der Waals surface area contributed by atoms with Crippen LogP contribution in [0.3, 0.4) is 0 Å². The first kappa shape index (κ1) is 16.8. The number of carbonyl (C=O) groups is 1. The number of rotatable bonds is 6. The summed E-state index contributed by atoms with van der Waals surface area (Å²) >= 11 is 0. The summed E-state index contributed by atoms with van der Waals surface area (Å²) in [5, 5.41) is 32.0. The molecule has 8 nitrogen and oxygen atoms in total. The number of nitro benzene ring substituents is 1. The molecule has 0 radical (unpaired) electrons. The molecule has 2 rings (SSSR count). The molecule has 0 aliphatic rings. The second-order valence-corrected chi connectivity index (χ2v) is 4.87. The van der Waals surface area contributed by atoms with Gasteiger partial charge in [0, 0.05) is 18.5 Å².